The van der Waals surface area contributed by atoms with Crippen molar-refractivity contribution in [3.05, 3.63) is 59.7 Å². The molecule has 4 heteroatoms. The smallest absolute Gasteiger partial charge is 0.224 e. The SMILES string of the molecule is Cc1ccccc1-c1ccccc1CC1(C(N)=O)CCN(C(=O)CC2CCCCC2)CC1. The third-order valence-electron chi connectivity index (χ3n) is 7.77. The van der Waals surface area contributed by atoms with Gasteiger partial charge >= 0.3 is 0 Å². The van der Waals surface area contributed by atoms with Crippen molar-refractivity contribution in [3.63, 3.8) is 0 Å². The molecule has 0 aromatic heterocycles. The van der Waals surface area contributed by atoms with Crippen LogP contribution in [0.15, 0.2) is 48.5 Å². The highest BCUT2D eigenvalue weighted by atomic mass is 16.2. The number of primary amides is 1. The first kappa shape index (κ1) is 22.6. The van der Waals surface area contributed by atoms with E-state index >= 15 is 0 Å². The molecule has 4 rings (SSSR count). The minimum atomic E-state index is -0.597. The maximum atomic E-state index is 12.9. The highest BCUT2D eigenvalue weighted by Gasteiger charge is 2.41. The number of piperidine rings is 1. The first-order valence-electron chi connectivity index (χ1n) is 12.2. The van der Waals surface area contributed by atoms with E-state index in [-0.39, 0.29) is 11.8 Å². The summed E-state index contributed by atoms with van der Waals surface area (Å²) in [5, 5.41) is 0. The van der Waals surface area contributed by atoms with E-state index in [4.69, 9.17) is 5.73 Å². The fourth-order valence-electron chi connectivity index (χ4n) is 5.64. The lowest BCUT2D eigenvalue weighted by atomic mass is 9.72. The number of carbonyl (C=O) groups excluding carboxylic acids is 2. The van der Waals surface area contributed by atoms with Gasteiger partial charge in [-0.15, -0.1) is 0 Å². The lowest BCUT2D eigenvalue weighted by Crippen LogP contribution is -2.50. The second-order valence-electron chi connectivity index (χ2n) is 9.88. The number of nitrogens with zero attached hydrogens (tertiary/aromatic N) is 1. The third-order valence-corrected chi connectivity index (χ3v) is 7.77. The van der Waals surface area contributed by atoms with Crippen molar-refractivity contribution in [2.45, 2.75) is 64.7 Å². The Balaban J connectivity index is 1.48. The molecular weight excluding hydrogens is 396 g/mol. The molecule has 2 fully saturated rings. The van der Waals surface area contributed by atoms with Crippen LogP contribution in [0.5, 0.6) is 0 Å². The van der Waals surface area contributed by atoms with Gasteiger partial charge in [0, 0.05) is 19.5 Å². The Kier molecular flexibility index (Phi) is 6.98. The van der Waals surface area contributed by atoms with E-state index in [1.54, 1.807) is 0 Å². The highest BCUT2D eigenvalue weighted by molar-refractivity contribution is 5.83. The van der Waals surface area contributed by atoms with Crippen LogP contribution in [0.3, 0.4) is 0 Å². The quantitative estimate of drug-likeness (QED) is 0.676. The Bertz CT molecular complexity index is 953. The summed E-state index contributed by atoms with van der Waals surface area (Å²) in [4.78, 5) is 27.6. The van der Waals surface area contributed by atoms with Crippen LogP contribution in [0.2, 0.25) is 0 Å². The Labute approximate surface area is 192 Å². The molecule has 1 saturated heterocycles. The monoisotopic (exact) mass is 432 g/mol. The van der Waals surface area contributed by atoms with E-state index in [0.717, 1.165) is 5.56 Å². The molecule has 1 heterocycles. The number of carbonyl (C=O) groups is 2. The maximum Gasteiger partial charge on any atom is 0.224 e. The number of rotatable bonds is 6. The number of benzene rings is 2. The van der Waals surface area contributed by atoms with Gasteiger partial charge in [0.2, 0.25) is 11.8 Å². The van der Waals surface area contributed by atoms with Crippen molar-refractivity contribution in [2.24, 2.45) is 17.1 Å². The van der Waals surface area contributed by atoms with Crippen molar-refractivity contribution in [1.29, 1.82) is 0 Å². The third kappa shape index (κ3) is 4.90. The summed E-state index contributed by atoms with van der Waals surface area (Å²) in [6.45, 7) is 3.37. The van der Waals surface area contributed by atoms with Gasteiger partial charge in [-0.2, -0.15) is 0 Å². The predicted octanol–water partition coefficient (Wildman–Crippen LogP) is 5.27. The van der Waals surface area contributed by atoms with Crippen LogP contribution in [-0.4, -0.2) is 29.8 Å². The predicted molar refractivity (Wildman–Crippen MR) is 129 cm³/mol. The van der Waals surface area contributed by atoms with Crippen LogP contribution < -0.4 is 5.73 Å². The molecule has 0 bridgehead atoms. The van der Waals surface area contributed by atoms with Crippen LogP contribution >= 0.6 is 0 Å². The van der Waals surface area contributed by atoms with E-state index in [1.165, 1.54) is 48.8 Å². The van der Waals surface area contributed by atoms with Gasteiger partial charge in [0.25, 0.3) is 0 Å². The molecule has 1 saturated carbocycles. The van der Waals surface area contributed by atoms with E-state index < -0.39 is 5.41 Å². The van der Waals surface area contributed by atoms with Crippen molar-refractivity contribution >= 4 is 11.8 Å². The second-order valence-corrected chi connectivity index (χ2v) is 9.88. The number of nitrogens with two attached hydrogens (primary N) is 1. The fourth-order valence-corrected chi connectivity index (χ4v) is 5.64. The number of aryl methyl sites for hydroxylation is 1. The normalized spacial score (nSPS) is 19.0. The zero-order valence-corrected chi connectivity index (χ0v) is 19.3. The molecule has 170 valence electrons. The van der Waals surface area contributed by atoms with E-state index in [0.29, 0.717) is 44.7 Å². The molecule has 1 aliphatic carbocycles. The fraction of sp³-hybridized carbons (Fsp3) is 0.500. The van der Waals surface area contributed by atoms with E-state index in [2.05, 4.69) is 43.3 Å². The van der Waals surface area contributed by atoms with Crippen LogP contribution in [0.4, 0.5) is 0 Å². The van der Waals surface area contributed by atoms with E-state index in [9.17, 15) is 9.59 Å². The molecular formula is C28H36N2O2. The maximum absolute atomic E-state index is 12.9. The second kappa shape index (κ2) is 9.89. The molecule has 0 atom stereocenters. The molecule has 0 radical (unpaired) electrons. The summed E-state index contributed by atoms with van der Waals surface area (Å²) in [7, 11) is 0. The summed E-state index contributed by atoms with van der Waals surface area (Å²) in [5.41, 5.74) is 10.1. The topological polar surface area (TPSA) is 63.4 Å². The molecule has 2 aromatic carbocycles. The zero-order chi connectivity index (χ0) is 22.6. The number of hydrogen-bond acceptors (Lipinski definition) is 2. The van der Waals surface area contributed by atoms with Crippen molar-refractivity contribution in [1.82, 2.24) is 4.90 Å². The first-order valence-corrected chi connectivity index (χ1v) is 12.2. The molecule has 32 heavy (non-hydrogen) atoms. The van der Waals surface area contributed by atoms with Crippen molar-refractivity contribution < 1.29 is 9.59 Å². The molecule has 0 unspecified atom stereocenters. The van der Waals surface area contributed by atoms with Crippen LogP contribution in [0, 0.1) is 18.3 Å². The minimum absolute atomic E-state index is 0.239. The van der Waals surface area contributed by atoms with E-state index in [1.807, 2.05) is 17.0 Å². The number of hydrogen-bond donors (Lipinski definition) is 1. The average molecular weight is 433 g/mol. The Morgan fingerprint density at radius 1 is 0.938 bits per heavy atom. The summed E-state index contributed by atoms with van der Waals surface area (Å²) in [6.07, 6.45) is 8.74. The van der Waals surface area contributed by atoms with Gasteiger partial charge < -0.3 is 10.6 Å². The van der Waals surface area contributed by atoms with Crippen molar-refractivity contribution in [3.8, 4) is 11.1 Å². The van der Waals surface area contributed by atoms with Gasteiger partial charge in [-0.25, -0.2) is 0 Å². The summed E-state index contributed by atoms with van der Waals surface area (Å²) in [5.74, 6) is 0.562. The first-order chi connectivity index (χ1) is 15.5. The molecule has 2 aromatic rings. The van der Waals surface area contributed by atoms with Crippen LogP contribution in [0.25, 0.3) is 11.1 Å². The van der Waals surface area contributed by atoms with Gasteiger partial charge in [0.1, 0.15) is 0 Å². The molecule has 2 amide bonds. The lowest BCUT2D eigenvalue weighted by Gasteiger charge is -2.40. The Morgan fingerprint density at radius 2 is 1.56 bits per heavy atom. The lowest BCUT2D eigenvalue weighted by molar-refractivity contribution is -0.139. The van der Waals surface area contributed by atoms with Crippen LogP contribution in [-0.2, 0) is 16.0 Å². The van der Waals surface area contributed by atoms with Gasteiger partial charge in [0.15, 0.2) is 0 Å². The summed E-state index contributed by atoms with van der Waals surface area (Å²) < 4.78 is 0. The van der Waals surface area contributed by atoms with Crippen molar-refractivity contribution in [2.75, 3.05) is 13.1 Å². The molecule has 2 N–H and O–H groups in total. The largest absolute Gasteiger partial charge is 0.369 e. The van der Waals surface area contributed by atoms with Gasteiger partial charge in [-0.05, 0) is 67.2 Å². The molecule has 2 aliphatic rings. The van der Waals surface area contributed by atoms with Gasteiger partial charge in [-0.3, -0.25) is 9.59 Å². The highest BCUT2D eigenvalue weighted by Crippen LogP contribution is 2.39. The van der Waals surface area contributed by atoms with Gasteiger partial charge in [-0.1, -0.05) is 67.8 Å². The average Bonchev–Trinajstić information content (AvgIpc) is 2.81. The summed E-state index contributed by atoms with van der Waals surface area (Å²) >= 11 is 0. The standard InChI is InChI=1S/C28H36N2O2/c1-21-9-5-7-13-24(21)25-14-8-6-12-23(25)20-28(27(29)32)15-17-30(18-16-28)26(31)19-22-10-3-2-4-11-22/h5-9,12-14,22H,2-4,10-11,15-20H2,1H3,(H2,29,32). The summed E-state index contributed by atoms with van der Waals surface area (Å²) in [6, 6.07) is 16.7. The number of likely N-dealkylation sites (tertiary alicyclic amines) is 1. The minimum Gasteiger partial charge on any atom is -0.369 e. The molecule has 4 nitrogen and oxygen atoms in total. The van der Waals surface area contributed by atoms with Gasteiger partial charge in [0.05, 0.1) is 5.41 Å². The molecule has 0 spiro atoms. The number of amides is 2. The Hall–Kier alpha value is -2.62. The Morgan fingerprint density at radius 3 is 2.22 bits per heavy atom. The molecule has 1 aliphatic heterocycles. The van der Waals surface area contributed by atoms with Crippen LogP contribution in [0.1, 0.15) is 62.5 Å². The zero-order valence-electron chi connectivity index (χ0n) is 19.3.